The summed E-state index contributed by atoms with van der Waals surface area (Å²) >= 11 is 0. The standard InChI is InChI=1S/C22H24N4O6S/c1-16-4-3-5-19(12-16)33(29,30)26-20(22(28)31-2)15-24-21(27)10-11-32-25-14-18-8-6-17(13-23)7-9-18/h3-9,12,14,20,26H,10-11,15H2,1-2H3,(H,24,27)/t20-/m0/s1. The van der Waals surface area contributed by atoms with Gasteiger partial charge in [-0.05, 0) is 42.3 Å². The van der Waals surface area contributed by atoms with Crippen molar-refractivity contribution in [2.75, 3.05) is 20.3 Å². The maximum absolute atomic E-state index is 12.6. The van der Waals surface area contributed by atoms with Crippen LogP contribution in [0.15, 0.2) is 58.6 Å². The molecule has 11 heteroatoms. The second-order valence-corrected chi connectivity index (χ2v) is 8.58. The van der Waals surface area contributed by atoms with Crippen molar-refractivity contribution < 1.29 is 27.6 Å². The van der Waals surface area contributed by atoms with E-state index in [4.69, 9.17) is 10.1 Å². The van der Waals surface area contributed by atoms with Crippen molar-refractivity contribution in [1.82, 2.24) is 10.0 Å². The number of nitriles is 1. The predicted octanol–water partition coefficient (Wildman–Crippen LogP) is 1.24. The molecule has 1 atom stereocenters. The number of amides is 1. The minimum atomic E-state index is -4.00. The summed E-state index contributed by atoms with van der Waals surface area (Å²) in [5.41, 5.74) is 1.99. The molecule has 0 saturated carbocycles. The Morgan fingerprint density at radius 1 is 1.21 bits per heavy atom. The Balaban J connectivity index is 1.83. The average molecular weight is 473 g/mol. The lowest BCUT2D eigenvalue weighted by Crippen LogP contribution is -2.48. The van der Waals surface area contributed by atoms with Gasteiger partial charge >= 0.3 is 5.97 Å². The van der Waals surface area contributed by atoms with Crippen LogP contribution in [0.2, 0.25) is 0 Å². The molecule has 0 saturated heterocycles. The molecule has 0 heterocycles. The Kier molecular flexibility index (Phi) is 9.53. The Bertz CT molecular complexity index is 1140. The second-order valence-electron chi connectivity index (χ2n) is 6.87. The van der Waals surface area contributed by atoms with Crippen molar-refractivity contribution in [2.24, 2.45) is 5.16 Å². The van der Waals surface area contributed by atoms with Crippen LogP contribution in [-0.2, 0) is 29.2 Å². The van der Waals surface area contributed by atoms with E-state index >= 15 is 0 Å². The quantitative estimate of drug-likeness (QED) is 0.216. The number of hydrogen-bond donors (Lipinski definition) is 2. The van der Waals surface area contributed by atoms with Gasteiger partial charge in [0.25, 0.3) is 0 Å². The molecule has 0 aliphatic carbocycles. The number of esters is 1. The Hall–Kier alpha value is -3.75. The summed E-state index contributed by atoms with van der Waals surface area (Å²) in [6.07, 6.45) is 1.37. The molecule has 1 amide bonds. The van der Waals surface area contributed by atoms with Crippen LogP contribution >= 0.6 is 0 Å². The molecule has 2 rings (SSSR count). The normalized spacial score (nSPS) is 12.0. The first-order chi connectivity index (χ1) is 15.7. The molecule has 33 heavy (non-hydrogen) atoms. The molecule has 0 aliphatic heterocycles. The molecule has 0 bridgehead atoms. The van der Waals surface area contributed by atoms with Gasteiger partial charge in [0.1, 0.15) is 12.6 Å². The minimum Gasteiger partial charge on any atom is -0.468 e. The third kappa shape index (κ3) is 8.36. The number of nitrogens with zero attached hydrogens (tertiary/aromatic N) is 2. The predicted molar refractivity (Wildman–Crippen MR) is 120 cm³/mol. The molecule has 0 radical (unpaired) electrons. The summed E-state index contributed by atoms with van der Waals surface area (Å²) in [6, 6.07) is 13.6. The SMILES string of the molecule is COC(=O)[C@H](CNC(=O)CCON=Cc1ccc(C#N)cc1)NS(=O)(=O)c1cccc(C)c1. The Labute approximate surface area is 192 Å². The van der Waals surface area contributed by atoms with Crippen LogP contribution in [0.25, 0.3) is 0 Å². The number of sulfonamides is 1. The molecule has 2 aromatic carbocycles. The van der Waals surface area contributed by atoms with Gasteiger partial charge in [-0.1, -0.05) is 29.4 Å². The number of methoxy groups -OCH3 is 1. The lowest BCUT2D eigenvalue weighted by Gasteiger charge is -2.17. The van der Waals surface area contributed by atoms with Crippen LogP contribution in [0.5, 0.6) is 0 Å². The van der Waals surface area contributed by atoms with Crippen LogP contribution in [0, 0.1) is 18.3 Å². The molecule has 0 fully saturated rings. The molecular weight excluding hydrogens is 448 g/mol. The number of rotatable bonds is 11. The number of ether oxygens (including phenoxy) is 1. The molecule has 174 valence electrons. The lowest BCUT2D eigenvalue weighted by atomic mass is 10.2. The summed E-state index contributed by atoms with van der Waals surface area (Å²) in [7, 11) is -2.88. The van der Waals surface area contributed by atoms with E-state index in [9.17, 15) is 18.0 Å². The zero-order valence-electron chi connectivity index (χ0n) is 18.1. The monoisotopic (exact) mass is 472 g/mol. The van der Waals surface area contributed by atoms with Crippen LogP contribution in [0.3, 0.4) is 0 Å². The highest BCUT2D eigenvalue weighted by molar-refractivity contribution is 7.89. The molecule has 10 nitrogen and oxygen atoms in total. The van der Waals surface area contributed by atoms with Crippen molar-refractivity contribution in [3.05, 3.63) is 65.2 Å². The van der Waals surface area contributed by atoms with Gasteiger partial charge in [0.15, 0.2) is 0 Å². The van der Waals surface area contributed by atoms with Gasteiger partial charge in [-0.15, -0.1) is 0 Å². The highest BCUT2D eigenvalue weighted by atomic mass is 32.2. The van der Waals surface area contributed by atoms with Crippen molar-refractivity contribution in [2.45, 2.75) is 24.3 Å². The first kappa shape index (κ1) is 25.5. The number of carbonyl (C=O) groups excluding carboxylic acids is 2. The van der Waals surface area contributed by atoms with E-state index in [1.807, 2.05) is 6.07 Å². The van der Waals surface area contributed by atoms with Crippen LogP contribution < -0.4 is 10.0 Å². The maximum Gasteiger partial charge on any atom is 0.325 e. The average Bonchev–Trinajstić information content (AvgIpc) is 2.81. The maximum atomic E-state index is 12.6. The lowest BCUT2D eigenvalue weighted by molar-refractivity contribution is -0.142. The van der Waals surface area contributed by atoms with E-state index in [1.165, 1.54) is 18.3 Å². The summed E-state index contributed by atoms with van der Waals surface area (Å²) < 4.78 is 32.0. The number of aryl methyl sites for hydroxylation is 1. The van der Waals surface area contributed by atoms with Gasteiger partial charge in [0, 0.05) is 6.54 Å². The van der Waals surface area contributed by atoms with Gasteiger partial charge in [0.2, 0.25) is 15.9 Å². The Morgan fingerprint density at radius 2 is 1.94 bits per heavy atom. The van der Waals surface area contributed by atoms with Gasteiger partial charge in [-0.3, -0.25) is 9.59 Å². The number of oxime groups is 1. The third-order valence-electron chi connectivity index (χ3n) is 4.32. The first-order valence-electron chi connectivity index (χ1n) is 9.84. The molecule has 0 unspecified atom stereocenters. The topological polar surface area (TPSA) is 147 Å². The Morgan fingerprint density at radius 3 is 2.58 bits per heavy atom. The number of hydrogen-bond acceptors (Lipinski definition) is 8. The molecular formula is C22H24N4O6S. The van der Waals surface area contributed by atoms with Crippen LogP contribution in [0.4, 0.5) is 0 Å². The zero-order chi connectivity index (χ0) is 24.3. The third-order valence-corrected chi connectivity index (χ3v) is 5.79. The van der Waals surface area contributed by atoms with Crippen LogP contribution in [0.1, 0.15) is 23.1 Å². The van der Waals surface area contributed by atoms with Gasteiger partial charge in [-0.25, -0.2) is 8.42 Å². The van der Waals surface area contributed by atoms with Crippen molar-refractivity contribution in [3.8, 4) is 6.07 Å². The molecule has 0 aromatic heterocycles. The fraction of sp³-hybridized carbons (Fsp3) is 0.273. The van der Waals surface area contributed by atoms with Gasteiger partial charge in [0.05, 0.1) is 36.3 Å². The fourth-order valence-corrected chi connectivity index (χ4v) is 3.88. The largest absolute Gasteiger partial charge is 0.468 e. The first-order valence-corrected chi connectivity index (χ1v) is 11.3. The molecule has 0 aliphatic rings. The zero-order valence-corrected chi connectivity index (χ0v) is 19.0. The highest BCUT2D eigenvalue weighted by Crippen LogP contribution is 2.11. The number of nitrogens with one attached hydrogen (secondary N) is 2. The van der Waals surface area contributed by atoms with E-state index in [1.54, 1.807) is 43.3 Å². The molecule has 2 N–H and O–H groups in total. The highest BCUT2D eigenvalue weighted by Gasteiger charge is 2.27. The van der Waals surface area contributed by atoms with Crippen molar-refractivity contribution in [1.29, 1.82) is 5.26 Å². The summed E-state index contributed by atoms with van der Waals surface area (Å²) in [5, 5.41) is 15.0. The molecule has 0 spiro atoms. The van der Waals surface area contributed by atoms with E-state index in [2.05, 4.69) is 19.9 Å². The smallest absolute Gasteiger partial charge is 0.325 e. The second kappa shape index (κ2) is 12.3. The number of benzene rings is 2. The molecule has 2 aromatic rings. The van der Waals surface area contributed by atoms with E-state index in [-0.39, 0.29) is 24.5 Å². The van der Waals surface area contributed by atoms with E-state index in [0.717, 1.165) is 18.2 Å². The van der Waals surface area contributed by atoms with E-state index in [0.29, 0.717) is 5.56 Å². The van der Waals surface area contributed by atoms with Crippen molar-refractivity contribution >= 4 is 28.1 Å². The minimum absolute atomic E-state index is 0.00347. The summed E-state index contributed by atoms with van der Waals surface area (Å²) in [4.78, 5) is 29.1. The van der Waals surface area contributed by atoms with Gasteiger partial charge in [-0.2, -0.15) is 9.98 Å². The van der Waals surface area contributed by atoms with E-state index < -0.39 is 27.9 Å². The van der Waals surface area contributed by atoms with Gasteiger partial charge < -0.3 is 14.9 Å². The van der Waals surface area contributed by atoms with Crippen LogP contribution in [-0.4, -0.2) is 52.8 Å². The summed E-state index contributed by atoms with van der Waals surface area (Å²) in [6.45, 7) is 1.41. The number of carbonyl (C=O) groups is 2. The fourth-order valence-electron chi connectivity index (χ4n) is 2.59. The van der Waals surface area contributed by atoms with Crippen molar-refractivity contribution in [3.63, 3.8) is 0 Å². The summed E-state index contributed by atoms with van der Waals surface area (Å²) in [5.74, 6) is -1.30.